The molecule has 2 heteroatoms. The second-order valence-corrected chi connectivity index (χ2v) is 19.2. The Morgan fingerprint density at radius 1 is 0.230 bits per heavy atom. The molecule has 13 aromatic carbocycles. The molecule has 346 valence electrons. The first-order valence-electron chi connectivity index (χ1n) is 25.5. The molecule has 0 aliphatic carbocycles. The van der Waals surface area contributed by atoms with E-state index in [2.05, 4.69) is 301 Å². The summed E-state index contributed by atoms with van der Waals surface area (Å²) in [6.45, 7) is 0. The van der Waals surface area contributed by atoms with Gasteiger partial charge < -0.3 is 9.47 Å². The summed E-state index contributed by atoms with van der Waals surface area (Å²) in [5, 5.41) is 9.93. The van der Waals surface area contributed by atoms with Crippen molar-refractivity contribution in [3.63, 3.8) is 0 Å². The molecule has 0 bridgehead atoms. The molecule has 0 N–H and O–H groups in total. The van der Waals surface area contributed by atoms with Crippen LogP contribution in [0.2, 0.25) is 0 Å². The smallest absolute Gasteiger partial charge is 0.0541 e. The van der Waals surface area contributed by atoms with E-state index in [4.69, 9.17) is 0 Å². The van der Waals surface area contributed by atoms with Crippen LogP contribution in [0, 0.1) is 0 Å². The minimum Gasteiger partial charge on any atom is -0.310 e. The van der Waals surface area contributed by atoms with Crippen LogP contribution in [0.3, 0.4) is 0 Å². The fourth-order valence-electron chi connectivity index (χ4n) is 11.6. The van der Waals surface area contributed by atoms with Gasteiger partial charge in [0.25, 0.3) is 0 Å². The van der Waals surface area contributed by atoms with Gasteiger partial charge in [-0.1, -0.05) is 218 Å². The van der Waals surface area contributed by atoms with Crippen molar-refractivity contribution in [1.29, 1.82) is 0 Å². The van der Waals surface area contributed by atoms with Crippen LogP contribution in [0.4, 0.5) is 17.1 Å². The maximum Gasteiger partial charge on any atom is 0.0541 e. The summed E-state index contributed by atoms with van der Waals surface area (Å²) in [6, 6.07) is 107. The van der Waals surface area contributed by atoms with Gasteiger partial charge in [0.1, 0.15) is 0 Å². The number of hydrogen-bond donors (Lipinski definition) is 0. The lowest BCUT2D eigenvalue weighted by molar-refractivity contribution is 1.18. The Morgan fingerprint density at radius 2 is 0.689 bits per heavy atom. The van der Waals surface area contributed by atoms with Crippen molar-refractivity contribution in [2.75, 3.05) is 4.90 Å². The zero-order valence-corrected chi connectivity index (χ0v) is 40.6. The Hall–Kier alpha value is -9.76. The Labute approximate surface area is 430 Å². The van der Waals surface area contributed by atoms with Gasteiger partial charge in [-0.25, -0.2) is 0 Å². The van der Waals surface area contributed by atoms with Gasteiger partial charge >= 0.3 is 0 Å². The Kier molecular flexibility index (Phi) is 10.6. The van der Waals surface area contributed by atoms with Crippen LogP contribution in [0.5, 0.6) is 0 Å². The summed E-state index contributed by atoms with van der Waals surface area (Å²) in [4.78, 5) is 2.41. The van der Waals surface area contributed by atoms with E-state index in [1.54, 1.807) is 0 Å². The van der Waals surface area contributed by atoms with Crippen molar-refractivity contribution in [3.05, 3.63) is 291 Å². The third-order valence-electron chi connectivity index (χ3n) is 14.9. The lowest BCUT2D eigenvalue weighted by Crippen LogP contribution is -2.10. The maximum atomic E-state index is 2.42. The SMILES string of the molecule is c1ccc(-c2c(-c3ccccc3)c3cc(-c4cccc(N(c5ccc(-c6cccc7ccccc67)cc5)c5cccc(-c6ccc7c(c6)c6ccccc6n7-c6ccccc6)c5)c4)ccc3c3ccccc23)cc1. The molecule has 0 unspecified atom stereocenters. The zero-order chi connectivity index (χ0) is 49.0. The quantitative estimate of drug-likeness (QED) is 0.131. The third kappa shape index (κ3) is 7.43. The van der Waals surface area contributed by atoms with Crippen molar-refractivity contribution < 1.29 is 0 Å². The number of rotatable bonds is 9. The van der Waals surface area contributed by atoms with E-state index in [0.717, 1.165) is 39.4 Å². The minimum absolute atomic E-state index is 1.07. The van der Waals surface area contributed by atoms with Crippen LogP contribution >= 0.6 is 0 Å². The molecule has 0 saturated heterocycles. The first kappa shape index (κ1) is 43.1. The fraction of sp³-hybridized carbons (Fsp3) is 0. The second kappa shape index (κ2) is 18.1. The average molecular weight is 941 g/mol. The summed E-state index contributed by atoms with van der Waals surface area (Å²) in [6.07, 6.45) is 0. The summed E-state index contributed by atoms with van der Waals surface area (Å²) >= 11 is 0. The van der Waals surface area contributed by atoms with Gasteiger partial charge in [0.15, 0.2) is 0 Å². The highest BCUT2D eigenvalue weighted by Crippen LogP contribution is 2.47. The number of nitrogens with zero attached hydrogens (tertiary/aromatic N) is 2. The highest BCUT2D eigenvalue weighted by Gasteiger charge is 2.21. The molecule has 0 radical (unpaired) electrons. The number of hydrogen-bond acceptors (Lipinski definition) is 1. The van der Waals surface area contributed by atoms with Crippen LogP contribution in [0.15, 0.2) is 291 Å². The molecule has 0 fully saturated rings. The predicted octanol–water partition coefficient (Wildman–Crippen LogP) is 20.0. The molecular weight excluding hydrogens is 893 g/mol. The molecule has 74 heavy (non-hydrogen) atoms. The van der Waals surface area contributed by atoms with Gasteiger partial charge in [-0.2, -0.15) is 0 Å². The molecule has 0 aliphatic rings. The monoisotopic (exact) mass is 940 g/mol. The fourth-order valence-corrected chi connectivity index (χ4v) is 11.6. The van der Waals surface area contributed by atoms with Crippen molar-refractivity contribution in [2.24, 2.45) is 0 Å². The largest absolute Gasteiger partial charge is 0.310 e. The van der Waals surface area contributed by atoms with Crippen LogP contribution in [0.1, 0.15) is 0 Å². The second-order valence-electron chi connectivity index (χ2n) is 19.2. The summed E-state index contributed by atoms with van der Waals surface area (Å²) in [5.74, 6) is 0. The van der Waals surface area contributed by atoms with Crippen molar-refractivity contribution in [2.45, 2.75) is 0 Å². The topological polar surface area (TPSA) is 8.17 Å². The van der Waals surface area contributed by atoms with E-state index < -0.39 is 0 Å². The lowest BCUT2D eigenvalue weighted by atomic mass is 9.84. The van der Waals surface area contributed by atoms with Crippen LogP contribution in [-0.4, -0.2) is 4.57 Å². The van der Waals surface area contributed by atoms with Crippen LogP contribution in [0.25, 0.3) is 115 Å². The van der Waals surface area contributed by atoms with Crippen molar-refractivity contribution >= 4 is 71.2 Å². The molecule has 0 atom stereocenters. The molecule has 0 aliphatic heterocycles. The molecule has 0 spiro atoms. The standard InChI is InChI=1S/C72H48N2/c1-4-20-51(21-5-1)71-66-34-13-12-32-63(66)64-43-39-55(48-68(64)72(71)52-22-6-2-7-23-52)53-25-16-29-59(45-53)73(58-41-37-50(38-42-58)62-35-18-24-49-19-10-11-31-61(49)62)60-30-17-26-54(46-60)56-40-44-70-67(47-56)65-33-14-15-36-69(65)74(70)57-27-8-3-9-28-57/h1-48H. The first-order chi connectivity index (χ1) is 36.7. The normalized spacial score (nSPS) is 11.5. The minimum atomic E-state index is 1.07. The molecule has 1 heterocycles. The van der Waals surface area contributed by atoms with Crippen molar-refractivity contribution in [1.82, 2.24) is 4.57 Å². The van der Waals surface area contributed by atoms with Crippen molar-refractivity contribution in [3.8, 4) is 61.3 Å². The van der Waals surface area contributed by atoms with E-state index in [1.807, 2.05) is 0 Å². The highest BCUT2D eigenvalue weighted by molar-refractivity contribution is 6.22. The molecular formula is C72H48N2. The van der Waals surface area contributed by atoms with Gasteiger partial charge in [-0.3, -0.25) is 0 Å². The molecule has 0 saturated carbocycles. The third-order valence-corrected chi connectivity index (χ3v) is 14.9. The Morgan fingerprint density at radius 3 is 1.38 bits per heavy atom. The lowest BCUT2D eigenvalue weighted by Gasteiger charge is -2.27. The van der Waals surface area contributed by atoms with Crippen LogP contribution in [-0.2, 0) is 0 Å². The predicted molar refractivity (Wildman–Crippen MR) is 315 cm³/mol. The van der Waals surface area contributed by atoms with E-state index in [-0.39, 0.29) is 0 Å². The molecule has 14 aromatic rings. The van der Waals surface area contributed by atoms with Gasteiger partial charge in [-0.05, 0) is 161 Å². The summed E-state index contributed by atoms with van der Waals surface area (Å²) < 4.78 is 2.38. The first-order valence-corrected chi connectivity index (χ1v) is 25.5. The van der Waals surface area contributed by atoms with Gasteiger partial charge in [0, 0.05) is 33.5 Å². The van der Waals surface area contributed by atoms with Crippen LogP contribution < -0.4 is 4.90 Å². The van der Waals surface area contributed by atoms with E-state index in [9.17, 15) is 0 Å². The molecule has 1 aromatic heterocycles. The van der Waals surface area contributed by atoms with Gasteiger partial charge in [-0.15, -0.1) is 0 Å². The number of aromatic nitrogens is 1. The molecule has 14 rings (SSSR count). The Bertz CT molecular complexity index is 4400. The average Bonchev–Trinajstić information content (AvgIpc) is 3.82. The highest BCUT2D eigenvalue weighted by atomic mass is 15.1. The maximum absolute atomic E-state index is 2.42. The number of para-hydroxylation sites is 2. The Balaban J connectivity index is 0.930. The van der Waals surface area contributed by atoms with Gasteiger partial charge in [0.2, 0.25) is 0 Å². The number of fused-ring (bicyclic) bond motifs is 7. The summed E-state index contributed by atoms with van der Waals surface area (Å²) in [5.41, 5.74) is 18.7. The molecule has 0 amide bonds. The van der Waals surface area contributed by atoms with Gasteiger partial charge in [0.05, 0.1) is 11.0 Å². The number of benzene rings is 13. The van der Waals surface area contributed by atoms with E-state index in [1.165, 1.54) is 93.1 Å². The summed E-state index contributed by atoms with van der Waals surface area (Å²) in [7, 11) is 0. The van der Waals surface area contributed by atoms with E-state index in [0.29, 0.717) is 0 Å². The zero-order valence-electron chi connectivity index (χ0n) is 40.6. The number of anilines is 3. The van der Waals surface area contributed by atoms with E-state index >= 15 is 0 Å². The molecule has 2 nitrogen and oxygen atoms in total.